The summed E-state index contributed by atoms with van der Waals surface area (Å²) >= 11 is 0.149. The van der Waals surface area contributed by atoms with E-state index >= 15 is 0 Å². The summed E-state index contributed by atoms with van der Waals surface area (Å²) in [4.78, 5) is 19.8. The molecular weight excluding hydrogens is 351 g/mol. The third kappa shape index (κ3) is 17.5. The predicted molar refractivity (Wildman–Crippen MR) is 73.6 cm³/mol. The van der Waals surface area contributed by atoms with Crippen LogP contribution in [0.2, 0.25) is 8.87 Å². The van der Waals surface area contributed by atoms with Crippen LogP contribution in [-0.2, 0) is 9.59 Å². The molecule has 5 heteroatoms. The monoisotopic (exact) mass is 376 g/mol. The van der Waals surface area contributed by atoms with Gasteiger partial charge in [0.25, 0.3) is 0 Å². The molecule has 0 N–H and O–H groups in total. The topological polar surface area (TPSA) is 80.3 Å². The second-order valence-electron chi connectivity index (χ2n) is 4.09. The third-order valence-corrected chi connectivity index (χ3v) is 6.39. The first-order chi connectivity index (χ1) is 8.99. The van der Waals surface area contributed by atoms with Gasteiger partial charge in [0.05, 0.1) is 11.9 Å². The molecule has 0 aromatic carbocycles. The van der Waals surface area contributed by atoms with Crippen LogP contribution >= 0.6 is 0 Å². The molecule has 0 atom stereocenters. The van der Waals surface area contributed by atoms with E-state index in [4.69, 9.17) is 0 Å². The predicted octanol–water partition coefficient (Wildman–Crippen LogP) is 0.950. The van der Waals surface area contributed by atoms with Crippen LogP contribution in [0.3, 0.4) is 0 Å². The summed E-state index contributed by atoms with van der Waals surface area (Å²) in [5.41, 5.74) is -0.264. The van der Waals surface area contributed by atoms with Gasteiger partial charge in [-0.2, -0.15) is 0 Å². The zero-order chi connectivity index (χ0) is 15.1. The standard InChI is InChI=1S/C6H8O4.2C4H9.Sn/c1-2-4(6(9)10)3-5(7)8;2*1-3-4-2;/h3H,2H2,1H3,(H,7,8)(H,9,10);2*1,3-4H2,2H3;/q;;;+2/p-2. The van der Waals surface area contributed by atoms with Crippen LogP contribution < -0.4 is 10.2 Å². The Kier molecular flexibility index (Phi) is 17.0. The van der Waals surface area contributed by atoms with Gasteiger partial charge >= 0.3 is 69.5 Å². The van der Waals surface area contributed by atoms with Gasteiger partial charge in [-0.3, -0.25) is 0 Å². The van der Waals surface area contributed by atoms with E-state index in [0.717, 1.165) is 0 Å². The van der Waals surface area contributed by atoms with Gasteiger partial charge in [-0.05, 0) is 18.1 Å². The van der Waals surface area contributed by atoms with Crippen LogP contribution in [0.15, 0.2) is 11.6 Å². The first-order valence-corrected chi connectivity index (χ1v) is 10.9. The van der Waals surface area contributed by atoms with Crippen LogP contribution in [0.25, 0.3) is 0 Å². The summed E-state index contributed by atoms with van der Waals surface area (Å²) in [6.45, 7) is 6.10. The van der Waals surface area contributed by atoms with Gasteiger partial charge in [0, 0.05) is 0 Å². The Morgan fingerprint density at radius 3 is 1.68 bits per heavy atom. The van der Waals surface area contributed by atoms with E-state index in [-0.39, 0.29) is 33.1 Å². The van der Waals surface area contributed by atoms with Gasteiger partial charge in [-0.15, -0.1) is 0 Å². The maximum atomic E-state index is 10.00. The molecule has 108 valence electrons. The summed E-state index contributed by atoms with van der Waals surface area (Å²) in [5.74, 6) is -2.98. The Labute approximate surface area is 126 Å². The molecule has 0 heterocycles. The van der Waals surface area contributed by atoms with Gasteiger partial charge in [0.2, 0.25) is 0 Å². The third-order valence-electron chi connectivity index (χ3n) is 2.35. The van der Waals surface area contributed by atoms with E-state index in [2.05, 4.69) is 13.8 Å². The average Bonchev–Trinajstić information content (AvgIpc) is 2.36. The molecule has 0 aromatic rings. The fourth-order valence-electron chi connectivity index (χ4n) is 1.18. The van der Waals surface area contributed by atoms with Gasteiger partial charge < -0.3 is 19.8 Å². The van der Waals surface area contributed by atoms with Gasteiger partial charge in [-0.25, -0.2) is 0 Å². The number of aliphatic carboxylic acids is 2. The molecule has 0 aliphatic heterocycles. The van der Waals surface area contributed by atoms with Crippen molar-refractivity contribution < 1.29 is 19.8 Å². The number of carbonyl (C=O) groups excluding carboxylic acids is 2. The Balaban J connectivity index is 0. The number of unbranched alkanes of at least 4 members (excludes halogenated alkanes) is 2. The molecule has 0 spiro atoms. The summed E-state index contributed by atoms with van der Waals surface area (Å²) in [7, 11) is 0. The van der Waals surface area contributed by atoms with Crippen molar-refractivity contribution in [3.05, 3.63) is 11.6 Å². The van der Waals surface area contributed by atoms with Crippen LogP contribution in [0.5, 0.6) is 0 Å². The molecule has 0 unspecified atom stereocenters. The Bertz CT molecular complexity index is 269. The SMILES string of the molecule is CCC(=CC(=O)[O-])C(=O)[O-].CCC[CH2][Sn+2][CH2]CCC. The molecule has 19 heavy (non-hydrogen) atoms. The van der Waals surface area contributed by atoms with Crippen molar-refractivity contribution >= 4 is 33.1 Å². The summed E-state index contributed by atoms with van der Waals surface area (Å²) < 4.78 is 3.25. The van der Waals surface area contributed by atoms with Gasteiger partial charge in [-0.1, -0.05) is 6.92 Å². The molecule has 0 saturated heterocycles. The second kappa shape index (κ2) is 15.5. The van der Waals surface area contributed by atoms with Crippen molar-refractivity contribution in [2.45, 2.75) is 61.7 Å². The van der Waals surface area contributed by atoms with Gasteiger partial charge in [0.15, 0.2) is 0 Å². The number of rotatable bonds is 9. The molecular formula is C14H24O4Sn. The average molecular weight is 375 g/mol. The van der Waals surface area contributed by atoms with Crippen molar-refractivity contribution in [1.29, 1.82) is 0 Å². The summed E-state index contributed by atoms with van der Waals surface area (Å²) in [5, 5.41) is 19.8. The molecule has 4 nitrogen and oxygen atoms in total. The van der Waals surface area contributed by atoms with Crippen LogP contribution in [0.4, 0.5) is 0 Å². The van der Waals surface area contributed by atoms with E-state index in [1.807, 2.05) is 0 Å². The van der Waals surface area contributed by atoms with Crippen molar-refractivity contribution in [1.82, 2.24) is 0 Å². The van der Waals surface area contributed by atoms with E-state index in [1.54, 1.807) is 8.87 Å². The zero-order valence-corrected chi connectivity index (χ0v) is 15.0. The summed E-state index contributed by atoms with van der Waals surface area (Å²) in [6, 6.07) is 0. The summed E-state index contributed by atoms with van der Waals surface area (Å²) in [6.07, 6.45) is 6.48. The number of carboxylic acids is 2. The molecule has 0 radical (unpaired) electrons. The van der Waals surface area contributed by atoms with Crippen molar-refractivity contribution in [3.63, 3.8) is 0 Å². The van der Waals surface area contributed by atoms with Crippen LogP contribution in [0, 0.1) is 0 Å². The Morgan fingerprint density at radius 1 is 1.00 bits per heavy atom. The molecule has 0 aliphatic carbocycles. The van der Waals surface area contributed by atoms with Crippen LogP contribution in [-0.4, -0.2) is 33.1 Å². The first-order valence-electron chi connectivity index (χ1n) is 6.83. The Morgan fingerprint density at radius 2 is 1.47 bits per heavy atom. The molecule has 0 rings (SSSR count). The first kappa shape index (κ1) is 20.8. The molecule has 0 amide bonds. The molecule has 0 fully saturated rings. The van der Waals surface area contributed by atoms with E-state index < -0.39 is 11.9 Å². The number of carboxylic acid groups (broad SMARTS) is 2. The molecule has 0 aromatic heterocycles. The van der Waals surface area contributed by atoms with Crippen molar-refractivity contribution in [2.24, 2.45) is 0 Å². The minimum atomic E-state index is -1.51. The quantitative estimate of drug-likeness (QED) is 0.342. The van der Waals surface area contributed by atoms with E-state index in [0.29, 0.717) is 6.08 Å². The molecule has 0 bridgehead atoms. The van der Waals surface area contributed by atoms with Crippen LogP contribution in [0.1, 0.15) is 52.9 Å². The number of carbonyl (C=O) groups is 2. The normalized spacial score (nSPS) is 10.2. The van der Waals surface area contributed by atoms with Gasteiger partial charge in [0.1, 0.15) is 0 Å². The number of hydrogen-bond donors (Lipinski definition) is 0. The van der Waals surface area contributed by atoms with E-state index in [9.17, 15) is 19.8 Å². The second-order valence-corrected chi connectivity index (χ2v) is 8.37. The maximum absolute atomic E-state index is 10.00. The van der Waals surface area contributed by atoms with Crippen molar-refractivity contribution in [2.75, 3.05) is 0 Å². The molecule has 0 aliphatic rings. The Hall–Kier alpha value is -0.521. The van der Waals surface area contributed by atoms with Crippen molar-refractivity contribution in [3.8, 4) is 0 Å². The zero-order valence-electron chi connectivity index (χ0n) is 12.2. The van der Waals surface area contributed by atoms with E-state index in [1.165, 1.54) is 32.6 Å². The molecule has 0 saturated carbocycles. The minimum absolute atomic E-state index is 0.121. The fraction of sp³-hybridized carbons (Fsp3) is 0.714. The fourth-order valence-corrected chi connectivity index (χ4v) is 5.33. The number of hydrogen-bond acceptors (Lipinski definition) is 4.